The first kappa shape index (κ1) is 17.3. The Morgan fingerprint density at radius 2 is 1.64 bits per heavy atom. The second kappa shape index (κ2) is 5.37. The molecule has 2 heterocycles. The van der Waals surface area contributed by atoms with Crippen molar-refractivity contribution in [3.63, 3.8) is 0 Å². The first-order chi connectivity index (χ1) is 13.3. The lowest BCUT2D eigenvalue weighted by Gasteiger charge is -2.39. The van der Waals surface area contributed by atoms with E-state index >= 15 is 0 Å². The van der Waals surface area contributed by atoms with E-state index < -0.39 is 5.41 Å². The van der Waals surface area contributed by atoms with Crippen LogP contribution in [-0.2, 0) is 15.6 Å². The van der Waals surface area contributed by atoms with Gasteiger partial charge >= 0.3 is 0 Å². The van der Waals surface area contributed by atoms with Gasteiger partial charge in [0.05, 0.1) is 27.8 Å². The monoisotopic (exact) mass is 372 g/mol. The van der Waals surface area contributed by atoms with Crippen LogP contribution in [0, 0.1) is 12.3 Å². The van der Waals surface area contributed by atoms with Crippen molar-refractivity contribution in [3.05, 3.63) is 59.5 Å². The number of benzene rings is 1. The topological polar surface area (TPSA) is 67.8 Å². The van der Waals surface area contributed by atoms with Gasteiger partial charge in [-0.1, -0.05) is 39.0 Å². The zero-order valence-electron chi connectivity index (χ0n) is 16.7. The van der Waals surface area contributed by atoms with Crippen molar-refractivity contribution in [2.24, 2.45) is 5.41 Å². The third-order valence-electron chi connectivity index (χ3n) is 7.57. The maximum atomic E-state index is 13.8. The highest BCUT2D eigenvalue weighted by Crippen LogP contribution is 2.70. The van der Waals surface area contributed by atoms with Gasteiger partial charge in [0.2, 0.25) is 5.91 Å². The number of hydrogen-bond acceptors (Lipinski definition) is 4. The summed E-state index contributed by atoms with van der Waals surface area (Å²) in [6, 6.07) is 11.7. The summed E-state index contributed by atoms with van der Waals surface area (Å²) in [5, 5.41) is 3.11. The van der Waals surface area contributed by atoms with E-state index in [1.807, 2.05) is 43.3 Å². The van der Waals surface area contributed by atoms with Crippen LogP contribution in [0.5, 0.6) is 0 Å². The third kappa shape index (κ3) is 1.87. The number of hydrogen-bond donors (Lipinski definition) is 1. The summed E-state index contributed by atoms with van der Waals surface area (Å²) in [6.07, 6.45) is 3.41. The number of fused-ring (bicyclic) bond motifs is 6. The molecule has 2 aromatic heterocycles. The summed E-state index contributed by atoms with van der Waals surface area (Å²) in [7, 11) is 0. The molecule has 0 saturated heterocycles. The lowest BCUT2D eigenvalue weighted by Crippen LogP contribution is -2.48. The predicted octanol–water partition coefficient (Wildman–Crippen LogP) is 4.30. The van der Waals surface area contributed by atoms with Crippen LogP contribution in [0.1, 0.15) is 50.6 Å². The Morgan fingerprint density at radius 1 is 0.964 bits per heavy atom. The van der Waals surface area contributed by atoms with E-state index in [2.05, 4.69) is 31.1 Å². The SMILES string of the molecule is Cc1cccnc1NC(=O)C12CCC(C)(c3nc4ccccc4nc31)C2(C)C. The van der Waals surface area contributed by atoms with Crippen molar-refractivity contribution < 1.29 is 4.79 Å². The minimum atomic E-state index is -0.710. The lowest BCUT2D eigenvalue weighted by molar-refractivity contribution is -0.125. The molecular weight excluding hydrogens is 348 g/mol. The highest BCUT2D eigenvalue weighted by atomic mass is 16.2. The first-order valence-corrected chi connectivity index (χ1v) is 9.82. The molecule has 1 amide bonds. The van der Waals surface area contributed by atoms with Gasteiger partial charge in [0.1, 0.15) is 5.82 Å². The second-order valence-electron chi connectivity index (χ2n) is 8.90. The Kier molecular flexibility index (Phi) is 3.32. The van der Waals surface area contributed by atoms with E-state index in [9.17, 15) is 4.79 Å². The molecule has 2 bridgehead atoms. The van der Waals surface area contributed by atoms with Crippen molar-refractivity contribution in [2.75, 3.05) is 5.32 Å². The molecule has 2 aliphatic carbocycles. The maximum absolute atomic E-state index is 13.8. The van der Waals surface area contributed by atoms with Crippen LogP contribution in [0.15, 0.2) is 42.6 Å². The third-order valence-corrected chi connectivity index (χ3v) is 7.57. The van der Waals surface area contributed by atoms with Gasteiger partial charge in [0.25, 0.3) is 0 Å². The summed E-state index contributed by atoms with van der Waals surface area (Å²) in [4.78, 5) is 28.1. The average Bonchev–Trinajstić information content (AvgIpc) is 2.98. The summed E-state index contributed by atoms with van der Waals surface area (Å²) in [5.74, 6) is 0.597. The number of para-hydroxylation sites is 2. The number of aryl methyl sites for hydroxylation is 1. The van der Waals surface area contributed by atoms with Gasteiger partial charge in [-0.2, -0.15) is 0 Å². The van der Waals surface area contributed by atoms with E-state index in [0.29, 0.717) is 5.82 Å². The molecule has 142 valence electrons. The molecule has 1 saturated carbocycles. The number of amides is 1. The number of nitrogens with one attached hydrogen (secondary N) is 1. The molecule has 5 nitrogen and oxygen atoms in total. The van der Waals surface area contributed by atoms with Gasteiger partial charge in [0, 0.05) is 11.6 Å². The Labute approximate surface area is 164 Å². The highest BCUT2D eigenvalue weighted by Gasteiger charge is 2.73. The molecule has 0 spiro atoms. The normalized spacial score (nSPS) is 27.0. The molecule has 2 aliphatic rings. The molecular formula is C23H24N4O. The van der Waals surface area contributed by atoms with Crippen LogP contribution in [0.4, 0.5) is 5.82 Å². The van der Waals surface area contributed by atoms with Crippen molar-refractivity contribution in [2.45, 2.75) is 51.4 Å². The molecule has 1 fully saturated rings. The number of pyridine rings is 1. The largest absolute Gasteiger partial charge is 0.310 e. The fourth-order valence-corrected chi connectivity index (χ4v) is 5.38. The number of carbonyl (C=O) groups is 1. The molecule has 2 unspecified atom stereocenters. The van der Waals surface area contributed by atoms with Gasteiger partial charge in [-0.05, 0) is 48.9 Å². The molecule has 3 aromatic rings. The molecule has 0 aliphatic heterocycles. The van der Waals surface area contributed by atoms with Crippen molar-refractivity contribution in [1.82, 2.24) is 15.0 Å². The van der Waals surface area contributed by atoms with Crippen LogP contribution in [-0.4, -0.2) is 20.9 Å². The van der Waals surface area contributed by atoms with Crippen molar-refractivity contribution >= 4 is 22.8 Å². The van der Waals surface area contributed by atoms with Gasteiger partial charge in [-0.3, -0.25) is 4.79 Å². The van der Waals surface area contributed by atoms with E-state index in [1.54, 1.807) is 6.20 Å². The number of carbonyl (C=O) groups excluding carboxylic acids is 1. The molecule has 1 N–H and O–H groups in total. The second-order valence-corrected chi connectivity index (χ2v) is 8.90. The Hall–Kier alpha value is -2.82. The van der Waals surface area contributed by atoms with Crippen molar-refractivity contribution in [1.29, 1.82) is 0 Å². The Bertz CT molecular complexity index is 1140. The van der Waals surface area contributed by atoms with Gasteiger partial charge in [-0.15, -0.1) is 0 Å². The number of aromatic nitrogens is 3. The number of rotatable bonds is 2. The van der Waals surface area contributed by atoms with E-state index in [4.69, 9.17) is 9.97 Å². The van der Waals surface area contributed by atoms with Crippen LogP contribution in [0.2, 0.25) is 0 Å². The van der Waals surface area contributed by atoms with Gasteiger partial charge < -0.3 is 5.32 Å². The lowest BCUT2D eigenvalue weighted by atomic mass is 9.63. The summed E-state index contributed by atoms with van der Waals surface area (Å²) < 4.78 is 0. The fourth-order valence-electron chi connectivity index (χ4n) is 5.38. The minimum absolute atomic E-state index is 0.0219. The van der Waals surface area contributed by atoms with E-state index in [0.717, 1.165) is 40.8 Å². The first-order valence-electron chi connectivity index (χ1n) is 9.82. The minimum Gasteiger partial charge on any atom is -0.310 e. The smallest absolute Gasteiger partial charge is 0.238 e. The van der Waals surface area contributed by atoms with Crippen LogP contribution >= 0.6 is 0 Å². The molecule has 5 heteroatoms. The Morgan fingerprint density at radius 3 is 2.32 bits per heavy atom. The standard InChI is InChI=1S/C23H24N4O/c1-14-8-7-13-24-19(14)27-20(28)23-12-11-22(4,21(23,2)3)17-18(23)26-16-10-6-5-9-15(16)25-17/h5-10,13H,11-12H2,1-4H3,(H,24,27,28). The number of anilines is 1. The van der Waals surface area contributed by atoms with Gasteiger partial charge in [0.15, 0.2) is 0 Å². The quantitative estimate of drug-likeness (QED) is 0.728. The maximum Gasteiger partial charge on any atom is 0.238 e. The van der Waals surface area contributed by atoms with Crippen molar-refractivity contribution in [3.8, 4) is 0 Å². The highest BCUT2D eigenvalue weighted by molar-refractivity contribution is 6.01. The number of nitrogens with zero attached hydrogens (tertiary/aromatic N) is 3. The summed E-state index contributed by atoms with van der Waals surface area (Å²) in [6.45, 7) is 8.58. The summed E-state index contributed by atoms with van der Waals surface area (Å²) in [5.41, 5.74) is 3.32. The predicted molar refractivity (Wildman–Crippen MR) is 109 cm³/mol. The zero-order valence-corrected chi connectivity index (χ0v) is 16.7. The zero-order chi connectivity index (χ0) is 19.7. The van der Waals surface area contributed by atoms with E-state index in [-0.39, 0.29) is 16.7 Å². The van der Waals surface area contributed by atoms with Crippen LogP contribution < -0.4 is 5.32 Å². The van der Waals surface area contributed by atoms with Crippen LogP contribution in [0.25, 0.3) is 11.0 Å². The molecule has 2 atom stereocenters. The fraction of sp³-hybridized carbons (Fsp3) is 0.391. The van der Waals surface area contributed by atoms with E-state index in [1.165, 1.54) is 0 Å². The van der Waals surface area contributed by atoms with Crippen LogP contribution in [0.3, 0.4) is 0 Å². The Balaban J connectivity index is 1.72. The summed E-state index contributed by atoms with van der Waals surface area (Å²) >= 11 is 0. The average molecular weight is 372 g/mol. The molecule has 0 radical (unpaired) electrons. The molecule has 28 heavy (non-hydrogen) atoms. The molecule has 5 rings (SSSR count). The molecule has 1 aromatic carbocycles. The van der Waals surface area contributed by atoms with Gasteiger partial charge in [-0.25, -0.2) is 15.0 Å².